The number of ether oxygens (including phenoxy) is 1. The van der Waals surface area contributed by atoms with Crippen molar-refractivity contribution in [3.8, 4) is 0 Å². The summed E-state index contributed by atoms with van der Waals surface area (Å²) in [5.41, 5.74) is 1.87. The van der Waals surface area contributed by atoms with Crippen molar-refractivity contribution in [2.75, 3.05) is 19.8 Å². The van der Waals surface area contributed by atoms with Gasteiger partial charge in [0.2, 0.25) is 10.0 Å². The van der Waals surface area contributed by atoms with E-state index in [4.69, 9.17) is 4.74 Å². The third kappa shape index (κ3) is 4.04. The second-order valence-electron chi connectivity index (χ2n) is 5.51. The van der Waals surface area contributed by atoms with Crippen molar-refractivity contribution in [1.29, 1.82) is 0 Å². The molecule has 112 valence electrons. The maximum atomic E-state index is 12.3. The molecule has 1 aromatic rings. The van der Waals surface area contributed by atoms with E-state index in [1.165, 1.54) is 0 Å². The van der Waals surface area contributed by atoms with E-state index in [1.54, 1.807) is 6.07 Å². The summed E-state index contributed by atoms with van der Waals surface area (Å²) in [6.07, 6.45) is 2.95. The van der Waals surface area contributed by atoms with Gasteiger partial charge in [0.15, 0.2) is 0 Å². The van der Waals surface area contributed by atoms with Crippen LogP contribution in [0.4, 0.5) is 0 Å². The molecule has 5 heteroatoms. The van der Waals surface area contributed by atoms with Crippen molar-refractivity contribution in [1.82, 2.24) is 4.72 Å². The van der Waals surface area contributed by atoms with Crippen LogP contribution in [0.2, 0.25) is 0 Å². The molecule has 0 aliphatic carbocycles. The standard InChI is InChI=1S/C15H23NO3S/c1-12-3-4-15(13(2)11-12)20(17,18)16-8-5-14-6-9-19-10-7-14/h3-4,11,14,16H,5-10H2,1-2H3. The number of aryl methyl sites for hydroxylation is 2. The Labute approximate surface area is 121 Å². The molecule has 0 unspecified atom stereocenters. The molecule has 1 saturated heterocycles. The highest BCUT2D eigenvalue weighted by Crippen LogP contribution is 2.19. The van der Waals surface area contributed by atoms with Gasteiger partial charge in [0, 0.05) is 19.8 Å². The molecule has 2 rings (SSSR count). The minimum absolute atomic E-state index is 0.384. The number of rotatable bonds is 5. The minimum atomic E-state index is -3.39. The highest BCUT2D eigenvalue weighted by molar-refractivity contribution is 7.89. The Kier molecular flexibility index (Phi) is 5.18. The molecule has 1 N–H and O–H groups in total. The quantitative estimate of drug-likeness (QED) is 0.908. The zero-order valence-corrected chi connectivity index (χ0v) is 13.0. The van der Waals surface area contributed by atoms with E-state index in [2.05, 4.69) is 4.72 Å². The van der Waals surface area contributed by atoms with Crippen molar-refractivity contribution >= 4 is 10.0 Å². The zero-order chi connectivity index (χ0) is 14.6. The van der Waals surface area contributed by atoms with Crippen LogP contribution in [0.3, 0.4) is 0 Å². The van der Waals surface area contributed by atoms with Crippen molar-refractivity contribution in [3.05, 3.63) is 29.3 Å². The summed E-state index contributed by atoms with van der Waals surface area (Å²) in [5.74, 6) is 0.575. The molecule has 20 heavy (non-hydrogen) atoms. The Morgan fingerprint density at radius 1 is 1.25 bits per heavy atom. The van der Waals surface area contributed by atoms with E-state index >= 15 is 0 Å². The number of benzene rings is 1. The lowest BCUT2D eigenvalue weighted by Gasteiger charge is -2.22. The Hall–Kier alpha value is -0.910. The van der Waals surface area contributed by atoms with Gasteiger partial charge in [0.25, 0.3) is 0 Å². The average Bonchev–Trinajstić information content (AvgIpc) is 2.39. The first-order valence-electron chi connectivity index (χ1n) is 7.14. The molecule has 0 atom stereocenters. The normalized spacial score (nSPS) is 17.3. The lowest BCUT2D eigenvalue weighted by atomic mass is 9.97. The largest absolute Gasteiger partial charge is 0.381 e. The molecule has 1 aromatic carbocycles. The summed E-state index contributed by atoms with van der Waals surface area (Å²) in [6, 6.07) is 5.41. The van der Waals surface area contributed by atoms with Crippen molar-refractivity contribution in [3.63, 3.8) is 0 Å². The lowest BCUT2D eigenvalue weighted by molar-refractivity contribution is 0.0644. The Morgan fingerprint density at radius 2 is 1.95 bits per heavy atom. The summed E-state index contributed by atoms with van der Waals surface area (Å²) in [4.78, 5) is 0.384. The van der Waals surface area contributed by atoms with E-state index < -0.39 is 10.0 Å². The molecule has 1 aliphatic rings. The Bertz CT molecular complexity index is 548. The van der Waals surface area contributed by atoms with E-state index in [9.17, 15) is 8.42 Å². The third-order valence-corrected chi connectivity index (χ3v) is 5.43. The maximum Gasteiger partial charge on any atom is 0.240 e. The summed E-state index contributed by atoms with van der Waals surface area (Å²) in [6.45, 7) is 5.89. The van der Waals surface area contributed by atoms with Gasteiger partial charge in [0.05, 0.1) is 4.90 Å². The van der Waals surface area contributed by atoms with E-state index in [0.717, 1.165) is 43.6 Å². The summed E-state index contributed by atoms with van der Waals surface area (Å²) < 4.78 is 32.6. The van der Waals surface area contributed by atoms with Crippen LogP contribution in [-0.2, 0) is 14.8 Å². The van der Waals surface area contributed by atoms with Gasteiger partial charge in [-0.2, -0.15) is 0 Å². The number of hydrogen-bond donors (Lipinski definition) is 1. The van der Waals surface area contributed by atoms with Crippen LogP contribution >= 0.6 is 0 Å². The minimum Gasteiger partial charge on any atom is -0.381 e. The van der Waals surface area contributed by atoms with Crippen LogP contribution in [-0.4, -0.2) is 28.2 Å². The monoisotopic (exact) mass is 297 g/mol. The number of nitrogens with one attached hydrogen (secondary N) is 1. The van der Waals surface area contributed by atoms with Crippen LogP contribution in [0, 0.1) is 19.8 Å². The van der Waals surface area contributed by atoms with E-state index in [1.807, 2.05) is 26.0 Å². The number of sulfonamides is 1. The van der Waals surface area contributed by atoms with E-state index in [0.29, 0.717) is 17.4 Å². The smallest absolute Gasteiger partial charge is 0.240 e. The Morgan fingerprint density at radius 3 is 2.60 bits per heavy atom. The van der Waals surface area contributed by atoms with Gasteiger partial charge >= 0.3 is 0 Å². The summed E-state index contributed by atoms with van der Waals surface area (Å²) >= 11 is 0. The van der Waals surface area contributed by atoms with Crippen molar-refractivity contribution < 1.29 is 13.2 Å². The van der Waals surface area contributed by atoms with Crippen molar-refractivity contribution in [2.24, 2.45) is 5.92 Å². The predicted octanol–water partition coefficient (Wildman–Crippen LogP) is 2.40. The number of hydrogen-bond acceptors (Lipinski definition) is 3. The zero-order valence-electron chi connectivity index (χ0n) is 12.2. The fraction of sp³-hybridized carbons (Fsp3) is 0.600. The van der Waals surface area contributed by atoms with Gasteiger partial charge in [-0.15, -0.1) is 0 Å². The molecule has 0 radical (unpaired) electrons. The van der Waals surface area contributed by atoms with Crippen LogP contribution < -0.4 is 4.72 Å². The molecule has 0 saturated carbocycles. The summed E-state index contributed by atoms with van der Waals surface area (Å²) in [5, 5.41) is 0. The molecule has 0 bridgehead atoms. The van der Waals surface area contributed by atoms with Crippen LogP contribution in [0.5, 0.6) is 0 Å². The van der Waals surface area contributed by atoms with Crippen LogP contribution in [0.25, 0.3) is 0 Å². The topological polar surface area (TPSA) is 55.4 Å². The van der Waals surface area contributed by atoms with E-state index in [-0.39, 0.29) is 0 Å². The molecule has 0 aromatic heterocycles. The first-order chi connectivity index (χ1) is 9.49. The maximum absolute atomic E-state index is 12.3. The SMILES string of the molecule is Cc1ccc(S(=O)(=O)NCCC2CCOCC2)c(C)c1. The molecule has 1 heterocycles. The Balaban J connectivity index is 1.93. The van der Waals surface area contributed by atoms with Gasteiger partial charge in [-0.1, -0.05) is 17.7 Å². The third-order valence-electron chi connectivity index (χ3n) is 3.81. The van der Waals surface area contributed by atoms with Gasteiger partial charge in [-0.3, -0.25) is 0 Å². The molecule has 1 fully saturated rings. The second-order valence-corrected chi connectivity index (χ2v) is 7.25. The lowest BCUT2D eigenvalue weighted by Crippen LogP contribution is -2.28. The second kappa shape index (κ2) is 6.70. The first-order valence-corrected chi connectivity index (χ1v) is 8.62. The van der Waals surface area contributed by atoms with Gasteiger partial charge < -0.3 is 4.74 Å². The molecular formula is C15H23NO3S. The average molecular weight is 297 g/mol. The first kappa shape index (κ1) is 15.5. The molecule has 0 spiro atoms. The van der Waals surface area contributed by atoms with Crippen LogP contribution in [0.1, 0.15) is 30.4 Å². The highest BCUT2D eigenvalue weighted by atomic mass is 32.2. The highest BCUT2D eigenvalue weighted by Gasteiger charge is 2.18. The fourth-order valence-corrected chi connectivity index (χ4v) is 3.88. The van der Waals surface area contributed by atoms with Gasteiger partial charge in [-0.25, -0.2) is 13.1 Å². The predicted molar refractivity (Wildman–Crippen MR) is 79.3 cm³/mol. The molecular weight excluding hydrogens is 274 g/mol. The van der Waals surface area contributed by atoms with Gasteiger partial charge in [0.1, 0.15) is 0 Å². The molecule has 0 amide bonds. The van der Waals surface area contributed by atoms with Crippen molar-refractivity contribution in [2.45, 2.75) is 38.0 Å². The fourth-order valence-electron chi connectivity index (χ4n) is 2.61. The molecule has 1 aliphatic heterocycles. The summed E-state index contributed by atoms with van der Waals surface area (Å²) in [7, 11) is -3.39. The van der Waals surface area contributed by atoms with Crippen LogP contribution in [0.15, 0.2) is 23.1 Å². The van der Waals surface area contributed by atoms with Gasteiger partial charge in [-0.05, 0) is 50.7 Å². The molecule has 4 nitrogen and oxygen atoms in total.